The van der Waals surface area contributed by atoms with Crippen molar-refractivity contribution in [1.82, 2.24) is 20.0 Å². The fourth-order valence-corrected chi connectivity index (χ4v) is 3.02. The van der Waals surface area contributed by atoms with Crippen molar-refractivity contribution in [3.8, 4) is 17.2 Å². The van der Waals surface area contributed by atoms with Crippen molar-refractivity contribution in [2.24, 2.45) is 0 Å². The van der Waals surface area contributed by atoms with E-state index in [1.807, 2.05) is 6.92 Å². The van der Waals surface area contributed by atoms with E-state index in [1.54, 1.807) is 7.11 Å². The van der Waals surface area contributed by atoms with Gasteiger partial charge < -0.3 is 4.74 Å². The number of methoxy groups -OCH3 is 1. The molecule has 8 nitrogen and oxygen atoms in total. The first-order valence-corrected chi connectivity index (χ1v) is 8.56. The maximum atomic E-state index is 13.6. The van der Waals surface area contributed by atoms with Gasteiger partial charge in [0.15, 0.2) is 10.7 Å². The topological polar surface area (TPSA) is 96.2 Å². The van der Waals surface area contributed by atoms with Crippen LogP contribution in [-0.4, -0.2) is 39.0 Å². The molecule has 27 heavy (non-hydrogen) atoms. The number of hydrogen-bond donors (Lipinski definition) is 0. The van der Waals surface area contributed by atoms with Crippen molar-refractivity contribution in [2.75, 3.05) is 12.9 Å². The lowest BCUT2D eigenvalue weighted by atomic mass is 10.2. The maximum Gasteiger partial charge on any atom is 0.446 e. The van der Waals surface area contributed by atoms with Crippen molar-refractivity contribution < 1.29 is 27.1 Å². The molecule has 0 aliphatic carbocycles. The molecule has 0 saturated carbocycles. The number of benzene rings is 1. The predicted octanol–water partition coefficient (Wildman–Crippen LogP) is 3.08. The smallest absolute Gasteiger partial charge is 0.381 e. The van der Waals surface area contributed by atoms with Crippen molar-refractivity contribution in [1.29, 1.82) is 0 Å². The van der Waals surface area contributed by atoms with Gasteiger partial charge in [-0.25, -0.2) is 27.2 Å². The number of nitrogens with zero attached hydrogens (tertiary/aromatic N) is 4. The van der Waals surface area contributed by atoms with Gasteiger partial charge in [0.2, 0.25) is 5.82 Å². The third-order valence-corrected chi connectivity index (χ3v) is 4.78. The molecule has 0 N–H and O–H groups in total. The molecule has 0 radical (unpaired) electrons. The van der Waals surface area contributed by atoms with Gasteiger partial charge in [0, 0.05) is 12.9 Å². The summed E-state index contributed by atoms with van der Waals surface area (Å²) in [5, 5.41) is 11.4. The lowest BCUT2D eigenvalue weighted by Gasteiger charge is -2.08. The molecule has 0 fully saturated rings. The number of alkyl halides is 2. The fourth-order valence-electron chi connectivity index (χ4n) is 2.14. The highest BCUT2D eigenvalue weighted by Gasteiger charge is 2.24. The molecule has 0 aliphatic heterocycles. The molecule has 0 aliphatic rings. The summed E-state index contributed by atoms with van der Waals surface area (Å²) in [7, 11) is 1.55. The number of rotatable bonds is 7. The zero-order chi connectivity index (χ0) is 19.6. The van der Waals surface area contributed by atoms with Gasteiger partial charge in [-0.05, 0) is 35.4 Å². The Hall–Kier alpha value is -2.60. The summed E-state index contributed by atoms with van der Waals surface area (Å²) in [4.78, 5) is 12.1. The molecule has 1 unspecified atom stereocenters. The summed E-state index contributed by atoms with van der Waals surface area (Å²) in [6, 6.07) is 2.82. The highest BCUT2D eigenvalue weighted by molar-refractivity contribution is 7.99. The van der Waals surface area contributed by atoms with Crippen LogP contribution in [0.5, 0.6) is 0 Å². The van der Waals surface area contributed by atoms with Crippen LogP contribution in [0.4, 0.5) is 13.2 Å². The van der Waals surface area contributed by atoms with E-state index in [0.29, 0.717) is 10.8 Å². The molecule has 0 amide bonds. The van der Waals surface area contributed by atoms with Gasteiger partial charge in [-0.3, -0.25) is 4.52 Å². The van der Waals surface area contributed by atoms with Gasteiger partial charge in [-0.1, -0.05) is 16.9 Å². The van der Waals surface area contributed by atoms with Crippen LogP contribution in [0.2, 0.25) is 0 Å². The van der Waals surface area contributed by atoms with Crippen LogP contribution in [0.15, 0.2) is 37.2 Å². The summed E-state index contributed by atoms with van der Waals surface area (Å²) in [5.41, 5.74) is -0.831. The minimum Gasteiger partial charge on any atom is -0.381 e. The Morgan fingerprint density at radius 2 is 2.07 bits per heavy atom. The first-order chi connectivity index (χ1) is 12.9. The Labute approximate surface area is 154 Å². The Kier molecular flexibility index (Phi) is 5.65. The Balaban J connectivity index is 2.04. The monoisotopic (exact) mass is 402 g/mol. The van der Waals surface area contributed by atoms with Gasteiger partial charge in [0.1, 0.15) is 5.82 Å². The van der Waals surface area contributed by atoms with Crippen molar-refractivity contribution in [3.63, 3.8) is 0 Å². The van der Waals surface area contributed by atoms with Crippen molar-refractivity contribution in [3.05, 3.63) is 40.1 Å². The van der Waals surface area contributed by atoms with Crippen molar-refractivity contribution in [2.45, 2.75) is 24.5 Å². The Morgan fingerprint density at radius 1 is 1.30 bits per heavy atom. The second-order valence-corrected chi connectivity index (χ2v) is 6.40. The molecule has 144 valence electrons. The van der Waals surface area contributed by atoms with Gasteiger partial charge >= 0.3 is 5.76 Å². The number of aromatic nitrogens is 4. The largest absolute Gasteiger partial charge is 0.446 e. The second kappa shape index (κ2) is 7.96. The third kappa shape index (κ3) is 3.90. The molecular formula is C15H13F3N4O4S. The van der Waals surface area contributed by atoms with Crippen LogP contribution in [-0.2, 0) is 4.74 Å². The fraction of sp³-hybridized carbons (Fsp3) is 0.333. The molecule has 0 spiro atoms. The van der Waals surface area contributed by atoms with Gasteiger partial charge in [0.05, 0.1) is 17.4 Å². The molecule has 12 heteroatoms. The minimum atomic E-state index is -3.06. The standard InChI is InChI=1S/C15H13F3N4O4S/c1-7(24-2)6-27-14-11(19-26-21-14)13-20-25-15(23)22(13)8-3-4-10(16)9(5-8)12(17)18/h3-5,7,12H,6H2,1-2H3. The van der Waals surface area contributed by atoms with E-state index in [9.17, 15) is 18.0 Å². The number of halogens is 3. The molecular weight excluding hydrogens is 389 g/mol. The zero-order valence-electron chi connectivity index (χ0n) is 14.1. The first-order valence-electron chi connectivity index (χ1n) is 7.57. The summed E-state index contributed by atoms with van der Waals surface area (Å²) in [5.74, 6) is -1.65. The van der Waals surface area contributed by atoms with E-state index in [4.69, 9.17) is 9.37 Å². The molecule has 3 aromatic rings. The molecule has 3 rings (SSSR count). The van der Waals surface area contributed by atoms with E-state index in [1.165, 1.54) is 11.8 Å². The average molecular weight is 402 g/mol. The maximum absolute atomic E-state index is 13.6. The summed E-state index contributed by atoms with van der Waals surface area (Å²) < 4.78 is 54.9. The Bertz CT molecular complexity index is 988. The summed E-state index contributed by atoms with van der Waals surface area (Å²) >= 11 is 1.24. The highest BCUT2D eigenvalue weighted by Crippen LogP contribution is 2.30. The number of hydrogen-bond acceptors (Lipinski definition) is 8. The zero-order valence-corrected chi connectivity index (χ0v) is 14.9. The molecule has 1 atom stereocenters. The summed E-state index contributed by atoms with van der Waals surface area (Å²) in [6.07, 6.45) is -3.15. The quantitative estimate of drug-likeness (QED) is 0.557. The van der Waals surface area contributed by atoms with Gasteiger partial charge in [-0.15, -0.1) is 0 Å². The third-order valence-electron chi connectivity index (χ3n) is 3.60. The van der Waals surface area contributed by atoms with E-state index >= 15 is 0 Å². The molecule has 1 aromatic carbocycles. The van der Waals surface area contributed by atoms with Crippen LogP contribution in [0, 0.1) is 5.82 Å². The lowest BCUT2D eigenvalue weighted by Crippen LogP contribution is -2.14. The number of ether oxygens (including phenoxy) is 1. The molecule has 2 aromatic heterocycles. The lowest BCUT2D eigenvalue weighted by molar-refractivity contribution is 0.138. The second-order valence-electron chi connectivity index (χ2n) is 5.39. The van der Waals surface area contributed by atoms with E-state index in [2.05, 4.69) is 20.0 Å². The van der Waals surface area contributed by atoms with E-state index < -0.39 is 23.6 Å². The average Bonchev–Trinajstić information content (AvgIpc) is 3.26. The van der Waals surface area contributed by atoms with Crippen LogP contribution in [0.3, 0.4) is 0 Å². The van der Waals surface area contributed by atoms with Crippen LogP contribution in [0.1, 0.15) is 18.9 Å². The van der Waals surface area contributed by atoms with Gasteiger partial charge in [0.25, 0.3) is 6.43 Å². The minimum absolute atomic E-state index is 0.0582. The van der Waals surface area contributed by atoms with Crippen LogP contribution >= 0.6 is 11.8 Å². The first kappa shape index (κ1) is 19.2. The number of thioether (sulfide) groups is 1. The normalized spacial score (nSPS) is 12.7. The molecule has 0 saturated heterocycles. The Morgan fingerprint density at radius 3 is 2.78 bits per heavy atom. The van der Waals surface area contributed by atoms with E-state index in [-0.39, 0.29) is 23.3 Å². The molecule has 2 heterocycles. The summed E-state index contributed by atoms with van der Waals surface area (Å²) in [6.45, 7) is 1.84. The highest BCUT2D eigenvalue weighted by atomic mass is 32.2. The van der Waals surface area contributed by atoms with Crippen LogP contribution < -0.4 is 5.76 Å². The van der Waals surface area contributed by atoms with Gasteiger partial charge in [-0.2, -0.15) is 0 Å². The van der Waals surface area contributed by atoms with Crippen LogP contribution in [0.25, 0.3) is 17.2 Å². The van der Waals surface area contributed by atoms with E-state index in [0.717, 1.165) is 22.8 Å². The predicted molar refractivity (Wildman–Crippen MR) is 87.5 cm³/mol. The molecule has 0 bridgehead atoms. The SMILES string of the molecule is COC(C)CSc1nonc1-c1noc(=O)n1-c1ccc(F)c(C(F)F)c1. The van der Waals surface area contributed by atoms with Crippen molar-refractivity contribution >= 4 is 11.8 Å².